The Balaban J connectivity index is 1.98. The number of fused-ring (bicyclic) bond motifs is 1. The molecule has 1 atom stereocenters. The lowest BCUT2D eigenvalue weighted by atomic mass is 9.73. The van der Waals surface area contributed by atoms with Crippen LogP contribution in [-0.4, -0.2) is 26.0 Å². The Morgan fingerprint density at radius 2 is 1.83 bits per heavy atom. The summed E-state index contributed by atoms with van der Waals surface area (Å²) in [6, 6.07) is 14.4. The predicted molar refractivity (Wildman–Crippen MR) is 118 cm³/mol. The Morgan fingerprint density at radius 3 is 2.50 bits per heavy atom. The van der Waals surface area contributed by atoms with Crippen LogP contribution in [0.4, 0.5) is 16.2 Å². The lowest BCUT2D eigenvalue weighted by Crippen LogP contribution is -2.43. The van der Waals surface area contributed by atoms with E-state index in [1.165, 1.54) is 0 Å². The summed E-state index contributed by atoms with van der Waals surface area (Å²) in [5.41, 5.74) is 3.80. The quantitative estimate of drug-likeness (QED) is 0.763. The number of rotatable bonds is 2. The highest BCUT2D eigenvalue weighted by Gasteiger charge is 2.43. The summed E-state index contributed by atoms with van der Waals surface area (Å²) in [7, 11) is 3.22. The Kier molecular flexibility index (Phi) is 5.02. The number of hydrogen-bond donors (Lipinski definition) is 2. The molecule has 2 aromatic rings. The molecule has 0 saturated carbocycles. The fraction of sp³-hybridized carbons (Fsp3) is 0.333. The van der Waals surface area contributed by atoms with Crippen LogP contribution in [0, 0.1) is 5.41 Å². The number of anilines is 2. The molecule has 1 heterocycles. The maximum atomic E-state index is 13.4. The molecule has 2 aliphatic rings. The van der Waals surface area contributed by atoms with Crippen LogP contribution in [-0.2, 0) is 4.79 Å². The van der Waals surface area contributed by atoms with Gasteiger partial charge in [0.25, 0.3) is 0 Å². The van der Waals surface area contributed by atoms with Crippen LogP contribution in [0.25, 0.3) is 0 Å². The smallest absolute Gasteiger partial charge is 0.322 e. The van der Waals surface area contributed by atoms with E-state index in [0.29, 0.717) is 12.0 Å². The number of nitrogens with one attached hydrogen (secondary N) is 2. The first kappa shape index (κ1) is 20.0. The van der Waals surface area contributed by atoms with Crippen LogP contribution in [0.5, 0.6) is 5.75 Å². The topological polar surface area (TPSA) is 70.7 Å². The molecule has 2 N–H and O–H groups in total. The average molecular weight is 405 g/mol. The molecule has 2 aromatic carbocycles. The zero-order chi connectivity index (χ0) is 21.5. The van der Waals surface area contributed by atoms with Crippen LogP contribution in [0.2, 0.25) is 0 Å². The minimum Gasteiger partial charge on any atom is -0.497 e. The number of carbonyl (C=O) groups excluding carboxylic acids is 2. The molecule has 0 spiro atoms. The third-order valence-electron chi connectivity index (χ3n) is 5.76. The number of ketones is 1. The van der Waals surface area contributed by atoms with Gasteiger partial charge in [-0.25, -0.2) is 4.79 Å². The molecule has 6 nitrogen and oxygen atoms in total. The van der Waals surface area contributed by atoms with Crippen molar-refractivity contribution < 1.29 is 14.3 Å². The number of benzene rings is 2. The molecule has 0 bridgehead atoms. The number of Topliss-reactive ketones (excluding diaryl/α,β-unsaturated/α-hetero) is 1. The molecule has 0 radical (unpaired) electrons. The highest BCUT2D eigenvalue weighted by atomic mass is 16.5. The molecule has 156 valence electrons. The summed E-state index contributed by atoms with van der Waals surface area (Å²) >= 11 is 0. The van der Waals surface area contributed by atoms with Crippen LogP contribution >= 0.6 is 0 Å². The Morgan fingerprint density at radius 1 is 1.13 bits per heavy atom. The van der Waals surface area contributed by atoms with E-state index in [9.17, 15) is 9.59 Å². The Hall–Kier alpha value is -3.28. The fourth-order valence-corrected chi connectivity index (χ4v) is 4.43. The van der Waals surface area contributed by atoms with Crippen LogP contribution in [0.3, 0.4) is 0 Å². The second kappa shape index (κ2) is 7.52. The molecule has 0 aromatic heterocycles. The van der Waals surface area contributed by atoms with Gasteiger partial charge >= 0.3 is 6.03 Å². The van der Waals surface area contributed by atoms with Gasteiger partial charge in [0.1, 0.15) is 5.75 Å². The molecular weight excluding hydrogens is 378 g/mol. The van der Waals surface area contributed by atoms with Gasteiger partial charge < -0.3 is 15.4 Å². The van der Waals surface area contributed by atoms with Crippen LogP contribution < -0.4 is 20.3 Å². The van der Waals surface area contributed by atoms with Crippen molar-refractivity contribution in [3.8, 4) is 5.75 Å². The van der Waals surface area contributed by atoms with E-state index in [2.05, 4.69) is 24.5 Å². The first-order valence-electron chi connectivity index (χ1n) is 10.1. The van der Waals surface area contributed by atoms with Crippen molar-refractivity contribution in [2.45, 2.75) is 32.7 Å². The number of allylic oxidation sites excluding steroid dienone is 1. The van der Waals surface area contributed by atoms with Crippen molar-refractivity contribution in [1.82, 2.24) is 5.32 Å². The largest absolute Gasteiger partial charge is 0.497 e. The fourth-order valence-electron chi connectivity index (χ4n) is 4.43. The van der Waals surface area contributed by atoms with Gasteiger partial charge in [0.05, 0.1) is 24.5 Å². The van der Waals surface area contributed by atoms with Gasteiger partial charge in [0.15, 0.2) is 5.78 Å². The monoisotopic (exact) mass is 405 g/mol. The van der Waals surface area contributed by atoms with E-state index in [1.807, 2.05) is 48.5 Å². The zero-order valence-corrected chi connectivity index (χ0v) is 17.8. The van der Waals surface area contributed by atoms with E-state index < -0.39 is 6.04 Å². The molecule has 6 heteroatoms. The first-order valence-corrected chi connectivity index (χ1v) is 10.1. The van der Waals surface area contributed by atoms with E-state index in [1.54, 1.807) is 19.1 Å². The summed E-state index contributed by atoms with van der Waals surface area (Å²) < 4.78 is 5.30. The van der Waals surface area contributed by atoms with Crippen molar-refractivity contribution in [2.75, 3.05) is 24.4 Å². The second-order valence-electron chi connectivity index (χ2n) is 8.58. The average Bonchev–Trinajstić information content (AvgIpc) is 2.86. The van der Waals surface area contributed by atoms with Crippen molar-refractivity contribution in [3.63, 3.8) is 0 Å². The summed E-state index contributed by atoms with van der Waals surface area (Å²) in [6.07, 6.45) is 1.18. The van der Waals surface area contributed by atoms with Crippen molar-refractivity contribution >= 4 is 23.2 Å². The minimum atomic E-state index is -0.536. The number of methoxy groups -OCH3 is 1. The van der Waals surface area contributed by atoms with Crippen molar-refractivity contribution in [1.29, 1.82) is 0 Å². The van der Waals surface area contributed by atoms with Gasteiger partial charge in [-0.1, -0.05) is 38.1 Å². The van der Waals surface area contributed by atoms with Crippen molar-refractivity contribution in [2.24, 2.45) is 5.41 Å². The maximum Gasteiger partial charge on any atom is 0.322 e. The molecule has 30 heavy (non-hydrogen) atoms. The number of amides is 2. The summed E-state index contributed by atoms with van der Waals surface area (Å²) in [5.74, 6) is 0.791. The standard InChI is InChI=1S/C24H27N3O3/c1-24(2)13-18-21(20(28)14-24)22(15-9-11-16(30-4)12-10-15)27(23(29)25-3)19-8-6-5-7-17(19)26-18/h5-12,22,26H,13-14H2,1-4H3,(H,25,29)/t22-/m0/s1. The molecule has 0 unspecified atom stereocenters. The molecule has 2 amide bonds. The highest BCUT2D eigenvalue weighted by Crippen LogP contribution is 2.48. The van der Waals surface area contributed by atoms with Gasteiger partial charge in [0.2, 0.25) is 0 Å². The van der Waals surface area contributed by atoms with Crippen LogP contribution in [0.15, 0.2) is 59.8 Å². The van der Waals surface area contributed by atoms with E-state index >= 15 is 0 Å². The Bertz CT molecular complexity index is 1020. The van der Waals surface area contributed by atoms with Crippen LogP contribution in [0.1, 0.15) is 38.3 Å². The van der Waals surface area contributed by atoms with Gasteiger partial charge in [-0.3, -0.25) is 9.69 Å². The molecule has 0 fully saturated rings. The second-order valence-corrected chi connectivity index (χ2v) is 8.58. The van der Waals surface area contributed by atoms with E-state index in [-0.39, 0.29) is 17.2 Å². The SMILES string of the molecule is CNC(=O)N1c2ccccc2NC2=C(C(=O)CC(C)(C)C2)[C@@H]1c1ccc(OC)cc1. The third-order valence-corrected chi connectivity index (χ3v) is 5.76. The molecule has 1 aliphatic heterocycles. The number of hydrogen-bond acceptors (Lipinski definition) is 4. The van der Waals surface area contributed by atoms with Crippen molar-refractivity contribution in [3.05, 3.63) is 65.4 Å². The summed E-state index contributed by atoms with van der Waals surface area (Å²) in [4.78, 5) is 28.2. The lowest BCUT2D eigenvalue weighted by Gasteiger charge is -2.37. The Labute approximate surface area is 176 Å². The number of ether oxygens (including phenoxy) is 1. The molecule has 0 saturated heterocycles. The van der Waals surface area contributed by atoms with Gasteiger partial charge in [-0.2, -0.15) is 0 Å². The van der Waals surface area contributed by atoms with Gasteiger partial charge in [-0.05, 0) is 41.7 Å². The molecular formula is C24H27N3O3. The van der Waals surface area contributed by atoms with Gasteiger partial charge in [0, 0.05) is 24.7 Å². The van der Waals surface area contributed by atoms with Gasteiger partial charge in [-0.15, -0.1) is 0 Å². The normalized spacial score (nSPS) is 19.9. The number of carbonyl (C=O) groups is 2. The molecule has 4 rings (SSSR count). The highest BCUT2D eigenvalue weighted by molar-refractivity contribution is 6.05. The predicted octanol–water partition coefficient (Wildman–Crippen LogP) is 4.65. The summed E-state index contributed by atoms with van der Waals surface area (Å²) in [5, 5.41) is 6.24. The minimum absolute atomic E-state index is 0.0660. The molecule has 1 aliphatic carbocycles. The van der Waals surface area contributed by atoms with E-state index in [4.69, 9.17) is 4.74 Å². The zero-order valence-electron chi connectivity index (χ0n) is 17.8. The first-order chi connectivity index (χ1) is 14.3. The number of urea groups is 1. The third kappa shape index (κ3) is 3.43. The lowest BCUT2D eigenvalue weighted by molar-refractivity contribution is -0.118. The summed E-state index contributed by atoms with van der Waals surface area (Å²) in [6.45, 7) is 4.21. The maximum absolute atomic E-state index is 13.4. The number of para-hydroxylation sites is 2. The number of nitrogens with zero attached hydrogens (tertiary/aromatic N) is 1. The van der Waals surface area contributed by atoms with E-state index in [0.717, 1.165) is 34.8 Å².